The molecule has 0 amide bonds. The summed E-state index contributed by atoms with van der Waals surface area (Å²) in [7, 11) is 0. The molecule has 12 heteroatoms. The van der Waals surface area contributed by atoms with Crippen LogP contribution in [0.3, 0.4) is 0 Å². The van der Waals surface area contributed by atoms with Gasteiger partial charge in [0.25, 0.3) is 0 Å². The second-order valence-electron chi connectivity index (χ2n) is 6.45. The Bertz CT molecular complexity index is 857. The number of aliphatic hydroxyl groups excluding tert-OH is 1. The minimum atomic E-state index is -4.78. The Hall–Kier alpha value is -2.08. The molecule has 0 spiro atoms. The molecule has 0 saturated carbocycles. The molecule has 0 bridgehead atoms. The lowest BCUT2D eigenvalue weighted by Crippen LogP contribution is -2.30. The molecule has 1 atom stereocenters. The molecule has 0 aliphatic heterocycles. The van der Waals surface area contributed by atoms with Crippen molar-refractivity contribution in [3.8, 4) is 0 Å². The van der Waals surface area contributed by atoms with Gasteiger partial charge in [0.1, 0.15) is 5.82 Å². The standard InChI is InChI=1S/C17H17BrF6N4O/c1-8(2)12(7-29)26-15-27-13(17(22,23)24)6-14(28-15)25-11-4-3-9(5-10(11)18)16(19,20)21/h3-6,8,12,29H,7H2,1-2H3,(H2,25,26,27,28)/t12-/m1/s1. The summed E-state index contributed by atoms with van der Waals surface area (Å²) in [5.41, 5.74) is -2.09. The molecule has 1 heterocycles. The first-order valence-electron chi connectivity index (χ1n) is 8.28. The summed E-state index contributed by atoms with van der Waals surface area (Å²) in [4.78, 5) is 7.36. The average molecular weight is 487 g/mol. The molecule has 160 valence electrons. The maximum Gasteiger partial charge on any atom is 0.433 e. The Balaban J connectivity index is 2.40. The van der Waals surface area contributed by atoms with Gasteiger partial charge in [-0.3, -0.25) is 0 Å². The van der Waals surface area contributed by atoms with Gasteiger partial charge in [0, 0.05) is 10.5 Å². The van der Waals surface area contributed by atoms with E-state index in [1.807, 2.05) is 0 Å². The van der Waals surface area contributed by atoms with Crippen LogP contribution in [0.2, 0.25) is 0 Å². The number of nitrogens with one attached hydrogen (secondary N) is 2. The molecule has 5 nitrogen and oxygen atoms in total. The van der Waals surface area contributed by atoms with Gasteiger partial charge in [0.2, 0.25) is 5.95 Å². The zero-order chi connectivity index (χ0) is 22.0. The summed E-state index contributed by atoms with van der Waals surface area (Å²) >= 11 is 2.97. The number of aliphatic hydroxyl groups is 1. The fourth-order valence-electron chi connectivity index (χ4n) is 2.24. The molecule has 1 aromatic heterocycles. The van der Waals surface area contributed by atoms with Crippen LogP contribution in [0.5, 0.6) is 0 Å². The van der Waals surface area contributed by atoms with Crippen molar-refractivity contribution in [3.05, 3.63) is 40.0 Å². The highest BCUT2D eigenvalue weighted by Gasteiger charge is 2.34. The lowest BCUT2D eigenvalue weighted by molar-refractivity contribution is -0.141. The second-order valence-corrected chi connectivity index (χ2v) is 7.31. The molecule has 1 aromatic carbocycles. The van der Waals surface area contributed by atoms with Crippen molar-refractivity contribution in [2.75, 3.05) is 17.2 Å². The SMILES string of the molecule is CC(C)[C@@H](CO)Nc1nc(Nc2ccc(C(F)(F)F)cc2Br)cc(C(F)(F)F)n1. The normalized spacial score (nSPS) is 13.5. The van der Waals surface area contributed by atoms with Crippen LogP contribution < -0.4 is 10.6 Å². The fourth-order valence-corrected chi connectivity index (χ4v) is 2.72. The number of nitrogens with zero attached hydrogens (tertiary/aromatic N) is 2. The van der Waals surface area contributed by atoms with Crippen LogP contribution in [-0.4, -0.2) is 27.7 Å². The molecule has 0 unspecified atom stereocenters. The van der Waals surface area contributed by atoms with Crippen LogP contribution in [0.1, 0.15) is 25.1 Å². The third kappa shape index (κ3) is 6.20. The van der Waals surface area contributed by atoms with E-state index in [1.54, 1.807) is 13.8 Å². The van der Waals surface area contributed by atoms with Crippen molar-refractivity contribution in [2.24, 2.45) is 5.92 Å². The van der Waals surface area contributed by atoms with Crippen LogP contribution >= 0.6 is 15.9 Å². The molecular formula is C17H17BrF6N4O. The van der Waals surface area contributed by atoms with Gasteiger partial charge in [-0.2, -0.15) is 31.3 Å². The minimum Gasteiger partial charge on any atom is -0.394 e. The van der Waals surface area contributed by atoms with E-state index in [2.05, 4.69) is 36.5 Å². The first-order chi connectivity index (χ1) is 13.3. The Labute approximate surface area is 170 Å². The van der Waals surface area contributed by atoms with E-state index in [1.165, 1.54) is 0 Å². The number of anilines is 3. The predicted molar refractivity (Wildman–Crippen MR) is 98.8 cm³/mol. The summed E-state index contributed by atoms with van der Waals surface area (Å²) in [6.07, 6.45) is -9.34. The van der Waals surface area contributed by atoms with E-state index in [-0.39, 0.29) is 34.5 Å². The molecule has 0 aliphatic rings. The molecule has 0 radical (unpaired) electrons. The summed E-state index contributed by atoms with van der Waals surface area (Å²) in [6.45, 7) is 3.14. The van der Waals surface area contributed by atoms with Crippen LogP contribution in [0.4, 0.5) is 43.8 Å². The maximum absolute atomic E-state index is 13.2. The summed E-state index contributed by atoms with van der Waals surface area (Å²) in [5, 5.41) is 14.6. The van der Waals surface area contributed by atoms with Gasteiger partial charge in [0.05, 0.1) is 23.9 Å². The molecule has 3 N–H and O–H groups in total. The number of rotatable bonds is 6. The zero-order valence-corrected chi connectivity index (χ0v) is 16.7. The highest BCUT2D eigenvalue weighted by molar-refractivity contribution is 9.10. The third-order valence-corrected chi connectivity index (χ3v) is 4.55. The van der Waals surface area contributed by atoms with E-state index in [4.69, 9.17) is 0 Å². The van der Waals surface area contributed by atoms with Gasteiger partial charge >= 0.3 is 12.4 Å². The van der Waals surface area contributed by atoms with Crippen LogP contribution in [-0.2, 0) is 12.4 Å². The first kappa shape index (κ1) is 23.2. The van der Waals surface area contributed by atoms with Crippen LogP contribution in [0.15, 0.2) is 28.7 Å². The Morgan fingerprint density at radius 1 is 1.03 bits per heavy atom. The topological polar surface area (TPSA) is 70.1 Å². The van der Waals surface area contributed by atoms with Gasteiger partial charge in [-0.25, -0.2) is 4.98 Å². The van der Waals surface area contributed by atoms with Crippen LogP contribution in [0, 0.1) is 5.92 Å². The molecular weight excluding hydrogens is 470 g/mol. The lowest BCUT2D eigenvalue weighted by Gasteiger charge is -2.21. The number of aromatic nitrogens is 2. The number of hydrogen-bond acceptors (Lipinski definition) is 5. The van der Waals surface area contributed by atoms with Crippen molar-refractivity contribution < 1.29 is 31.4 Å². The van der Waals surface area contributed by atoms with Crippen molar-refractivity contribution in [2.45, 2.75) is 32.2 Å². The third-order valence-electron chi connectivity index (χ3n) is 3.89. The van der Waals surface area contributed by atoms with Gasteiger partial charge in [-0.05, 0) is 40.0 Å². The van der Waals surface area contributed by atoms with Gasteiger partial charge in [0.15, 0.2) is 5.69 Å². The van der Waals surface area contributed by atoms with E-state index in [0.29, 0.717) is 6.07 Å². The van der Waals surface area contributed by atoms with Crippen molar-refractivity contribution in [3.63, 3.8) is 0 Å². The van der Waals surface area contributed by atoms with Crippen LogP contribution in [0.25, 0.3) is 0 Å². The second kappa shape index (κ2) is 8.74. The fraction of sp³-hybridized carbons (Fsp3) is 0.412. The molecule has 0 aliphatic carbocycles. The Kier molecular flexibility index (Phi) is 6.99. The van der Waals surface area contributed by atoms with E-state index < -0.39 is 29.7 Å². The lowest BCUT2D eigenvalue weighted by atomic mass is 10.1. The highest BCUT2D eigenvalue weighted by Crippen LogP contribution is 2.36. The van der Waals surface area contributed by atoms with Gasteiger partial charge < -0.3 is 15.7 Å². The summed E-state index contributed by atoms with van der Waals surface area (Å²) in [6, 6.07) is 2.70. The summed E-state index contributed by atoms with van der Waals surface area (Å²) in [5.74, 6) is -0.785. The molecule has 0 saturated heterocycles. The zero-order valence-electron chi connectivity index (χ0n) is 15.2. The van der Waals surface area contributed by atoms with Crippen molar-refractivity contribution in [1.29, 1.82) is 0 Å². The Morgan fingerprint density at radius 3 is 2.17 bits per heavy atom. The minimum absolute atomic E-state index is 0.00980. The Morgan fingerprint density at radius 2 is 1.69 bits per heavy atom. The number of halogens is 7. The molecule has 0 fully saturated rings. The van der Waals surface area contributed by atoms with E-state index in [0.717, 1.165) is 18.2 Å². The van der Waals surface area contributed by atoms with Crippen molar-refractivity contribution >= 4 is 33.4 Å². The van der Waals surface area contributed by atoms with Gasteiger partial charge in [-0.15, -0.1) is 0 Å². The average Bonchev–Trinajstić information content (AvgIpc) is 2.59. The predicted octanol–water partition coefficient (Wildman–Crippen LogP) is 5.45. The quantitative estimate of drug-likeness (QED) is 0.473. The molecule has 2 rings (SSSR count). The number of alkyl halides is 6. The van der Waals surface area contributed by atoms with E-state index in [9.17, 15) is 31.4 Å². The molecule has 29 heavy (non-hydrogen) atoms. The van der Waals surface area contributed by atoms with Gasteiger partial charge in [-0.1, -0.05) is 13.8 Å². The largest absolute Gasteiger partial charge is 0.433 e. The summed E-state index contributed by atoms with van der Waals surface area (Å²) < 4.78 is 77.9. The monoisotopic (exact) mass is 486 g/mol. The van der Waals surface area contributed by atoms with E-state index >= 15 is 0 Å². The number of benzene rings is 1. The first-order valence-corrected chi connectivity index (χ1v) is 9.08. The highest BCUT2D eigenvalue weighted by atomic mass is 79.9. The maximum atomic E-state index is 13.2. The number of hydrogen-bond donors (Lipinski definition) is 3. The molecule has 2 aromatic rings. The smallest absolute Gasteiger partial charge is 0.394 e. The van der Waals surface area contributed by atoms with Crippen molar-refractivity contribution in [1.82, 2.24) is 9.97 Å².